The van der Waals surface area contributed by atoms with Crippen molar-refractivity contribution in [1.82, 2.24) is 0 Å². The van der Waals surface area contributed by atoms with E-state index in [0.29, 0.717) is 22.9 Å². The van der Waals surface area contributed by atoms with Gasteiger partial charge in [-0.15, -0.1) is 6.42 Å². The van der Waals surface area contributed by atoms with E-state index in [1.165, 1.54) is 12.1 Å². The molecule has 0 atom stereocenters. The predicted molar refractivity (Wildman–Crippen MR) is 62.8 cm³/mol. The van der Waals surface area contributed by atoms with Crippen molar-refractivity contribution in [3.05, 3.63) is 41.0 Å². The van der Waals surface area contributed by atoms with Crippen LogP contribution in [0.1, 0.15) is 18.1 Å². The second-order valence-corrected chi connectivity index (χ2v) is 3.75. The lowest BCUT2D eigenvalue weighted by Gasteiger charge is -2.09. The van der Waals surface area contributed by atoms with E-state index < -0.39 is 11.6 Å². The molecule has 0 saturated carbocycles. The summed E-state index contributed by atoms with van der Waals surface area (Å²) in [5.41, 5.74) is 1.00. The Hall–Kier alpha value is -2.08. The number of halogens is 2. The van der Waals surface area contributed by atoms with Crippen LogP contribution in [0.5, 0.6) is 5.75 Å². The molecule has 2 aromatic rings. The highest BCUT2D eigenvalue weighted by Gasteiger charge is 2.14. The molecule has 0 spiro atoms. The molecule has 0 amide bonds. The maximum Gasteiger partial charge on any atom is 0.166 e. The van der Waals surface area contributed by atoms with Crippen LogP contribution in [-0.4, -0.2) is 5.11 Å². The summed E-state index contributed by atoms with van der Waals surface area (Å²) in [5, 5.41) is 10.00. The topological polar surface area (TPSA) is 20.2 Å². The molecule has 0 radical (unpaired) electrons. The molecule has 3 heteroatoms. The average Bonchev–Trinajstić information content (AvgIpc) is 2.32. The van der Waals surface area contributed by atoms with Crippen molar-refractivity contribution >= 4 is 10.8 Å². The SMILES string of the molecule is C#Cc1cc(F)c(F)c2cc(O)cc(CC)c12. The smallest absolute Gasteiger partial charge is 0.166 e. The summed E-state index contributed by atoms with van der Waals surface area (Å²) in [7, 11) is 0. The Morgan fingerprint density at radius 2 is 2.00 bits per heavy atom. The van der Waals surface area contributed by atoms with Crippen LogP contribution in [0.3, 0.4) is 0 Å². The highest BCUT2D eigenvalue weighted by molar-refractivity contribution is 5.92. The molecule has 86 valence electrons. The maximum absolute atomic E-state index is 13.7. The highest BCUT2D eigenvalue weighted by Crippen LogP contribution is 2.31. The first-order chi connectivity index (χ1) is 8.08. The lowest BCUT2D eigenvalue weighted by molar-refractivity contribution is 0.474. The van der Waals surface area contributed by atoms with Gasteiger partial charge < -0.3 is 5.11 Å². The zero-order valence-electron chi connectivity index (χ0n) is 9.22. The molecule has 2 rings (SSSR count). The number of aryl methyl sites for hydroxylation is 1. The standard InChI is InChI=1S/C14H10F2O/c1-3-8-5-10(17)7-11-13(8)9(4-2)6-12(15)14(11)16/h2,5-7,17H,3H2,1H3. The van der Waals surface area contributed by atoms with Gasteiger partial charge in [0.15, 0.2) is 11.6 Å². The van der Waals surface area contributed by atoms with Crippen molar-refractivity contribution in [3.8, 4) is 18.1 Å². The Kier molecular flexibility index (Phi) is 2.72. The van der Waals surface area contributed by atoms with Crippen molar-refractivity contribution in [1.29, 1.82) is 0 Å². The van der Waals surface area contributed by atoms with E-state index in [1.807, 2.05) is 6.92 Å². The number of fused-ring (bicyclic) bond motifs is 1. The van der Waals surface area contributed by atoms with Gasteiger partial charge in [0, 0.05) is 16.3 Å². The molecule has 0 unspecified atom stereocenters. The third-order valence-electron chi connectivity index (χ3n) is 2.73. The van der Waals surface area contributed by atoms with E-state index in [0.717, 1.165) is 6.07 Å². The highest BCUT2D eigenvalue weighted by atomic mass is 19.2. The molecule has 0 bridgehead atoms. The fraction of sp³-hybridized carbons (Fsp3) is 0.143. The van der Waals surface area contributed by atoms with Crippen LogP contribution in [0, 0.1) is 24.0 Å². The van der Waals surface area contributed by atoms with E-state index in [9.17, 15) is 13.9 Å². The number of hydrogen-bond acceptors (Lipinski definition) is 1. The van der Waals surface area contributed by atoms with Gasteiger partial charge in [0.2, 0.25) is 0 Å². The summed E-state index contributed by atoms with van der Waals surface area (Å²) in [6.45, 7) is 1.86. The molecule has 17 heavy (non-hydrogen) atoms. The Balaban J connectivity index is 3.03. The van der Waals surface area contributed by atoms with Gasteiger partial charge in [0.1, 0.15) is 5.75 Å². The van der Waals surface area contributed by atoms with Crippen LogP contribution in [-0.2, 0) is 6.42 Å². The summed E-state index contributed by atoms with van der Waals surface area (Å²) < 4.78 is 27.0. The number of hydrogen-bond donors (Lipinski definition) is 1. The van der Waals surface area contributed by atoms with Crippen LogP contribution >= 0.6 is 0 Å². The molecule has 1 nitrogen and oxygen atoms in total. The number of aromatic hydroxyl groups is 1. The Morgan fingerprint density at radius 3 is 2.59 bits per heavy atom. The summed E-state index contributed by atoms with van der Waals surface area (Å²) in [4.78, 5) is 0. The number of benzene rings is 2. The van der Waals surface area contributed by atoms with Gasteiger partial charge in [-0.05, 0) is 30.2 Å². The third-order valence-corrected chi connectivity index (χ3v) is 2.73. The maximum atomic E-state index is 13.7. The van der Waals surface area contributed by atoms with Crippen molar-refractivity contribution < 1.29 is 13.9 Å². The summed E-state index contributed by atoms with van der Waals surface area (Å²) in [6.07, 6.45) is 5.87. The number of phenols is 1. The minimum Gasteiger partial charge on any atom is -0.508 e. The molecular weight excluding hydrogens is 222 g/mol. The quantitative estimate of drug-likeness (QED) is 0.747. The molecule has 0 aromatic heterocycles. The van der Waals surface area contributed by atoms with E-state index >= 15 is 0 Å². The molecule has 0 heterocycles. The molecule has 0 aliphatic carbocycles. The predicted octanol–water partition coefficient (Wildman–Crippen LogP) is 3.37. The second kappa shape index (κ2) is 4.06. The fourth-order valence-corrected chi connectivity index (χ4v) is 1.96. The van der Waals surface area contributed by atoms with Gasteiger partial charge in [0.25, 0.3) is 0 Å². The van der Waals surface area contributed by atoms with Gasteiger partial charge >= 0.3 is 0 Å². The zero-order valence-corrected chi connectivity index (χ0v) is 9.22. The van der Waals surface area contributed by atoms with Crippen LogP contribution < -0.4 is 0 Å². The van der Waals surface area contributed by atoms with E-state index in [4.69, 9.17) is 6.42 Å². The Bertz CT molecular complexity index is 639. The van der Waals surface area contributed by atoms with Crippen LogP contribution in [0.2, 0.25) is 0 Å². The van der Waals surface area contributed by atoms with Gasteiger partial charge in [0.05, 0.1) is 0 Å². The van der Waals surface area contributed by atoms with Gasteiger partial charge in [-0.25, -0.2) is 8.78 Å². The van der Waals surface area contributed by atoms with Crippen molar-refractivity contribution in [2.45, 2.75) is 13.3 Å². The first-order valence-electron chi connectivity index (χ1n) is 5.18. The molecule has 1 N–H and O–H groups in total. The van der Waals surface area contributed by atoms with Crippen molar-refractivity contribution in [2.75, 3.05) is 0 Å². The Morgan fingerprint density at radius 1 is 1.29 bits per heavy atom. The fourth-order valence-electron chi connectivity index (χ4n) is 1.96. The first kappa shape index (κ1) is 11.4. The normalized spacial score (nSPS) is 10.5. The van der Waals surface area contributed by atoms with E-state index in [2.05, 4.69) is 5.92 Å². The summed E-state index contributed by atoms with van der Waals surface area (Å²) in [6, 6.07) is 3.71. The molecular formula is C14H10F2O. The number of rotatable bonds is 1. The minimum absolute atomic E-state index is 0.0230. The van der Waals surface area contributed by atoms with Crippen LogP contribution in [0.4, 0.5) is 8.78 Å². The lowest BCUT2D eigenvalue weighted by atomic mass is 9.97. The molecule has 0 saturated heterocycles. The Labute approximate surface area is 97.7 Å². The van der Waals surface area contributed by atoms with Crippen molar-refractivity contribution in [3.63, 3.8) is 0 Å². The van der Waals surface area contributed by atoms with Gasteiger partial charge in [-0.1, -0.05) is 12.8 Å². The van der Waals surface area contributed by atoms with Crippen molar-refractivity contribution in [2.24, 2.45) is 0 Å². The third kappa shape index (κ3) is 1.72. The van der Waals surface area contributed by atoms with E-state index in [1.54, 1.807) is 0 Å². The largest absolute Gasteiger partial charge is 0.508 e. The van der Waals surface area contributed by atoms with Gasteiger partial charge in [-0.2, -0.15) is 0 Å². The molecule has 2 aromatic carbocycles. The molecule has 0 aliphatic heterocycles. The minimum atomic E-state index is -1.00. The zero-order chi connectivity index (χ0) is 12.6. The first-order valence-corrected chi connectivity index (χ1v) is 5.18. The van der Waals surface area contributed by atoms with Gasteiger partial charge in [-0.3, -0.25) is 0 Å². The lowest BCUT2D eigenvalue weighted by Crippen LogP contribution is -1.94. The summed E-state index contributed by atoms with van der Waals surface area (Å²) in [5.74, 6) is 0.265. The molecule has 0 fully saturated rings. The average molecular weight is 232 g/mol. The summed E-state index contributed by atoms with van der Waals surface area (Å²) >= 11 is 0. The number of terminal acetylenes is 1. The van der Waals surface area contributed by atoms with E-state index in [-0.39, 0.29) is 11.1 Å². The van der Waals surface area contributed by atoms with Crippen LogP contribution in [0.15, 0.2) is 18.2 Å². The molecule has 0 aliphatic rings. The number of phenolic OH excluding ortho intramolecular Hbond substituents is 1. The second-order valence-electron chi connectivity index (χ2n) is 3.75. The monoisotopic (exact) mass is 232 g/mol. The van der Waals surface area contributed by atoms with Crippen LogP contribution in [0.25, 0.3) is 10.8 Å².